The summed E-state index contributed by atoms with van der Waals surface area (Å²) in [5.41, 5.74) is 13.3. The van der Waals surface area contributed by atoms with E-state index in [-0.39, 0.29) is 24.0 Å². The summed E-state index contributed by atoms with van der Waals surface area (Å²) < 4.78 is 4.27. The molecule has 2 aromatic heterocycles. The summed E-state index contributed by atoms with van der Waals surface area (Å²) in [5.74, 6) is -0.382. The molecule has 1 aliphatic carbocycles. The molecule has 0 radical (unpaired) electrons. The molecule has 3 aromatic carbocycles. The third-order valence-corrected chi connectivity index (χ3v) is 9.36. The number of benzene rings is 3. The number of nitrogens with two attached hydrogens (primary N) is 1. The van der Waals surface area contributed by atoms with Gasteiger partial charge in [0.2, 0.25) is 5.91 Å². The molecule has 45 heavy (non-hydrogen) atoms. The molecule has 2 heterocycles. The number of carbonyl (C=O) groups excluding carboxylic acids is 1. The van der Waals surface area contributed by atoms with Gasteiger partial charge in [-0.05, 0) is 60.8 Å². The van der Waals surface area contributed by atoms with E-state index in [4.69, 9.17) is 10.7 Å². The van der Waals surface area contributed by atoms with Crippen molar-refractivity contribution in [1.29, 1.82) is 5.41 Å². The minimum absolute atomic E-state index is 0.138. The number of amides is 1. The Bertz CT molecular complexity index is 1800. The largest absolute Gasteiger partial charge is 0.393 e. The van der Waals surface area contributed by atoms with Crippen molar-refractivity contribution in [3.05, 3.63) is 108 Å². The predicted octanol–water partition coefficient (Wildman–Crippen LogP) is 7.01. The number of nitrogens with one attached hydrogen (secondary N) is 1. The van der Waals surface area contributed by atoms with Gasteiger partial charge in [-0.15, -0.1) is 0 Å². The molecule has 232 valence electrons. The van der Waals surface area contributed by atoms with Crippen LogP contribution in [-0.4, -0.2) is 31.2 Å². The Kier molecular flexibility index (Phi) is 9.26. The number of primary amides is 1. The highest BCUT2D eigenvalue weighted by molar-refractivity contribution is 6.02. The van der Waals surface area contributed by atoms with Crippen LogP contribution in [0.1, 0.15) is 69.0 Å². The first-order chi connectivity index (χ1) is 21.9. The first-order valence-electron chi connectivity index (χ1n) is 16.3. The van der Waals surface area contributed by atoms with Gasteiger partial charge in [0, 0.05) is 24.1 Å². The summed E-state index contributed by atoms with van der Waals surface area (Å²) in [4.78, 5) is 17.1. The second-order valence-electron chi connectivity index (χ2n) is 12.5. The van der Waals surface area contributed by atoms with Crippen LogP contribution in [-0.2, 0) is 17.8 Å². The number of unbranched alkanes of at least 4 members (excludes halogenated alkanes) is 1. The molecule has 5 aromatic rings. The van der Waals surface area contributed by atoms with Crippen molar-refractivity contribution < 1.29 is 9.90 Å². The van der Waals surface area contributed by atoms with Gasteiger partial charge in [0.1, 0.15) is 11.1 Å². The van der Waals surface area contributed by atoms with Gasteiger partial charge in [-0.1, -0.05) is 105 Å². The molecule has 7 nitrogen and oxygen atoms in total. The summed E-state index contributed by atoms with van der Waals surface area (Å²) >= 11 is 0. The van der Waals surface area contributed by atoms with Crippen LogP contribution in [0.5, 0.6) is 0 Å². The van der Waals surface area contributed by atoms with E-state index in [0.29, 0.717) is 18.5 Å². The molecular weight excluding hydrogens is 558 g/mol. The minimum atomic E-state index is -0.261. The van der Waals surface area contributed by atoms with Crippen LogP contribution in [0, 0.1) is 11.3 Å². The number of nitrogens with zero attached hydrogens (tertiary/aromatic N) is 3. The molecule has 6 rings (SSSR count). The van der Waals surface area contributed by atoms with Crippen LogP contribution in [0.2, 0.25) is 0 Å². The lowest BCUT2D eigenvalue weighted by atomic mass is 9.93. The van der Waals surface area contributed by atoms with E-state index >= 15 is 0 Å². The van der Waals surface area contributed by atoms with Crippen molar-refractivity contribution in [2.75, 3.05) is 0 Å². The number of rotatable bonds is 11. The molecule has 1 amide bonds. The maximum Gasteiger partial charge on any atom is 0.220 e. The molecule has 1 fully saturated rings. The van der Waals surface area contributed by atoms with E-state index in [1.165, 1.54) is 0 Å². The van der Waals surface area contributed by atoms with Crippen molar-refractivity contribution in [2.45, 2.75) is 77.0 Å². The third kappa shape index (κ3) is 6.50. The molecule has 0 saturated heterocycles. The van der Waals surface area contributed by atoms with E-state index < -0.39 is 0 Å². The number of aromatic nitrogens is 3. The second-order valence-corrected chi connectivity index (χ2v) is 12.5. The topological polar surface area (TPSA) is 110 Å². The summed E-state index contributed by atoms with van der Waals surface area (Å²) in [6.07, 6.45) is 8.22. The Morgan fingerprint density at radius 2 is 1.56 bits per heavy atom. The van der Waals surface area contributed by atoms with Crippen LogP contribution in [0.3, 0.4) is 0 Å². The van der Waals surface area contributed by atoms with Gasteiger partial charge >= 0.3 is 0 Å². The summed E-state index contributed by atoms with van der Waals surface area (Å²) in [6.45, 7) is 2.71. The molecule has 4 N–H and O–H groups in total. The zero-order valence-electron chi connectivity index (χ0n) is 26.0. The molecule has 0 bridgehead atoms. The number of carbonyl (C=O) groups is 1. The monoisotopic (exact) mass is 601 g/mol. The number of fused-ring (bicyclic) bond motifs is 1. The van der Waals surface area contributed by atoms with E-state index in [9.17, 15) is 15.3 Å². The molecule has 7 heteroatoms. The zero-order valence-corrected chi connectivity index (χ0v) is 26.0. The molecule has 0 aliphatic heterocycles. The molecule has 1 atom stereocenters. The second kappa shape index (κ2) is 13.7. The van der Waals surface area contributed by atoms with Gasteiger partial charge in [0.15, 0.2) is 0 Å². The molecule has 1 unspecified atom stereocenters. The van der Waals surface area contributed by atoms with Gasteiger partial charge in [-0.3, -0.25) is 10.2 Å². The van der Waals surface area contributed by atoms with E-state index in [1.54, 1.807) is 0 Å². The van der Waals surface area contributed by atoms with E-state index in [0.717, 1.165) is 89.5 Å². The number of aliphatic hydroxyl groups excluding tert-OH is 1. The first kappa shape index (κ1) is 30.5. The van der Waals surface area contributed by atoms with Gasteiger partial charge in [0.25, 0.3) is 0 Å². The fourth-order valence-corrected chi connectivity index (χ4v) is 6.86. The molecule has 1 saturated carbocycles. The average Bonchev–Trinajstić information content (AvgIpc) is 3.39. The Hall–Kier alpha value is -4.49. The number of hydrogen-bond acceptors (Lipinski definition) is 4. The average molecular weight is 602 g/mol. The van der Waals surface area contributed by atoms with Gasteiger partial charge < -0.3 is 20.0 Å². The summed E-state index contributed by atoms with van der Waals surface area (Å²) in [7, 11) is 0. The zero-order chi connectivity index (χ0) is 31.3. The van der Waals surface area contributed by atoms with Crippen LogP contribution in [0.15, 0.2) is 91.3 Å². The quantitative estimate of drug-likeness (QED) is 0.151. The fourth-order valence-electron chi connectivity index (χ4n) is 6.86. The highest BCUT2D eigenvalue weighted by atomic mass is 16.3. The summed E-state index contributed by atoms with van der Waals surface area (Å²) in [5, 5.41) is 20.5. The van der Waals surface area contributed by atoms with Crippen molar-refractivity contribution in [1.82, 2.24) is 14.1 Å². The Morgan fingerprint density at radius 3 is 2.18 bits per heavy atom. The van der Waals surface area contributed by atoms with Gasteiger partial charge in [-0.2, -0.15) is 0 Å². The Morgan fingerprint density at radius 1 is 0.933 bits per heavy atom. The van der Waals surface area contributed by atoms with Crippen LogP contribution in [0.4, 0.5) is 0 Å². The van der Waals surface area contributed by atoms with Crippen molar-refractivity contribution in [2.24, 2.45) is 11.7 Å². The maximum atomic E-state index is 12.1. The lowest BCUT2D eigenvalue weighted by Gasteiger charge is -2.27. The summed E-state index contributed by atoms with van der Waals surface area (Å²) in [6, 6.07) is 29.3. The van der Waals surface area contributed by atoms with Crippen LogP contribution >= 0.6 is 0 Å². The molecule has 0 spiro atoms. The van der Waals surface area contributed by atoms with E-state index in [2.05, 4.69) is 72.2 Å². The molecule has 1 aliphatic rings. The lowest BCUT2D eigenvalue weighted by Crippen LogP contribution is -2.29. The van der Waals surface area contributed by atoms with Crippen molar-refractivity contribution in [3.8, 4) is 22.4 Å². The Labute approximate surface area is 264 Å². The Balaban J connectivity index is 1.47. The van der Waals surface area contributed by atoms with Gasteiger partial charge in [0.05, 0.1) is 23.5 Å². The predicted molar refractivity (Wildman–Crippen MR) is 179 cm³/mol. The highest BCUT2D eigenvalue weighted by Gasteiger charge is 2.26. The van der Waals surface area contributed by atoms with Crippen molar-refractivity contribution >= 4 is 16.9 Å². The first-order valence-corrected chi connectivity index (χ1v) is 16.3. The normalized spacial score (nSPS) is 17.4. The SMILES string of the molecule is CCCCC(Cc1ccc(Cn2c(-c3ccccc3)c(-c3ccccc3)c3c(=N)n(C4CCC(O)CC4)cnc32)cc1)C(N)=O. The van der Waals surface area contributed by atoms with E-state index in [1.807, 2.05) is 35.2 Å². The van der Waals surface area contributed by atoms with Gasteiger partial charge in [-0.25, -0.2) is 4.98 Å². The minimum Gasteiger partial charge on any atom is -0.393 e. The fraction of sp³-hybridized carbons (Fsp3) is 0.342. The number of aliphatic hydroxyl groups is 1. The lowest BCUT2D eigenvalue weighted by molar-refractivity contribution is -0.122. The smallest absolute Gasteiger partial charge is 0.220 e. The van der Waals surface area contributed by atoms with Crippen LogP contribution < -0.4 is 11.2 Å². The molecular formula is C38H43N5O2. The third-order valence-electron chi connectivity index (χ3n) is 9.36. The standard InChI is InChI=1S/C38H43N5O2/c1-2-3-10-30(37(40)45)23-26-15-17-27(18-16-26)24-42-35(29-13-8-5-9-14-29)33(28-11-6-4-7-12-28)34-36(39)43(25-41-38(34)42)31-19-21-32(44)22-20-31/h4-9,11-18,25,30-32,39,44H,2-3,10,19-24H2,1H3,(H2,40,45). The highest BCUT2D eigenvalue weighted by Crippen LogP contribution is 2.40. The maximum absolute atomic E-state index is 12.1. The van der Waals surface area contributed by atoms with Crippen molar-refractivity contribution in [3.63, 3.8) is 0 Å². The number of hydrogen-bond donors (Lipinski definition) is 3. The van der Waals surface area contributed by atoms with Crippen LogP contribution in [0.25, 0.3) is 33.4 Å².